The van der Waals surface area contributed by atoms with Crippen LogP contribution in [0.15, 0.2) is 18.2 Å². The van der Waals surface area contributed by atoms with Gasteiger partial charge in [-0.25, -0.2) is 0 Å². The normalized spacial score (nSPS) is 11.7. The Morgan fingerprint density at radius 1 is 1.33 bits per heavy atom. The number of aliphatic hydroxyl groups is 1. The zero-order chi connectivity index (χ0) is 9.19. The van der Waals surface area contributed by atoms with Gasteiger partial charge < -0.3 is 5.11 Å². The third-order valence-electron chi connectivity index (χ3n) is 1.37. The van der Waals surface area contributed by atoms with E-state index in [4.69, 9.17) is 5.11 Å². The Hall–Kier alpha value is -1.03. The van der Waals surface area contributed by atoms with E-state index in [1.54, 1.807) is 0 Å². The molecule has 1 N–H and O–H groups in total. The van der Waals surface area contributed by atoms with Crippen LogP contribution in [0.2, 0.25) is 0 Å². The van der Waals surface area contributed by atoms with E-state index in [0.717, 1.165) is 12.1 Å². The summed E-state index contributed by atoms with van der Waals surface area (Å²) in [6.45, 7) is -0.294. The zero-order valence-corrected chi connectivity index (χ0v) is 6.02. The summed E-state index contributed by atoms with van der Waals surface area (Å²) in [6, 6.07) is 5.26. The van der Waals surface area contributed by atoms with Crippen molar-refractivity contribution in [1.82, 2.24) is 0 Å². The van der Waals surface area contributed by atoms with Crippen molar-refractivity contribution in [2.75, 3.05) is 0 Å². The van der Waals surface area contributed by atoms with E-state index >= 15 is 0 Å². The Balaban J connectivity index is 2.93. The van der Waals surface area contributed by atoms with E-state index in [9.17, 15) is 13.2 Å². The summed E-state index contributed by atoms with van der Waals surface area (Å²) in [7, 11) is 0. The van der Waals surface area contributed by atoms with Crippen molar-refractivity contribution >= 4 is 0 Å². The summed E-state index contributed by atoms with van der Waals surface area (Å²) in [5.41, 5.74) is -0.400. The quantitative estimate of drug-likeness (QED) is 0.692. The molecule has 0 aliphatic rings. The Bertz CT molecular complexity index is 250. The molecule has 0 spiro atoms. The van der Waals surface area contributed by atoms with Crippen LogP contribution in [-0.2, 0) is 12.8 Å². The maximum atomic E-state index is 11.9. The van der Waals surface area contributed by atoms with Crippen molar-refractivity contribution in [2.24, 2.45) is 0 Å². The van der Waals surface area contributed by atoms with Gasteiger partial charge in [0, 0.05) is 0 Å². The van der Waals surface area contributed by atoms with Crippen LogP contribution in [0.1, 0.15) is 11.1 Å². The van der Waals surface area contributed by atoms with E-state index in [1.807, 2.05) is 0 Å². The highest BCUT2D eigenvalue weighted by atomic mass is 19.4. The number of rotatable bonds is 1. The fourth-order valence-corrected chi connectivity index (χ4v) is 0.732. The Morgan fingerprint density at radius 3 is 2.33 bits per heavy atom. The fourth-order valence-electron chi connectivity index (χ4n) is 0.732. The molecule has 0 saturated heterocycles. The molecule has 0 bridgehead atoms. The van der Waals surface area contributed by atoms with Crippen LogP contribution in [-0.4, -0.2) is 5.11 Å². The summed E-state index contributed by atoms with van der Waals surface area (Å²) < 4.78 is 35.8. The van der Waals surface area contributed by atoms with E-state index in [2.05, 4.69) is 6.07 Å². The Kier molecular flexibility index (Phi) is 2.38. The summed E-state index contributed by atoms with van der Waals surface area (Å²) in [6.07, 6.45) is -4.33. The van der Waals surface area contributed by atoms with Crippen LogP contribution < -0.4 is 0 Å². The second-order valence-electron chi connectivity index (χ2n) is 2.26. The molecule has 1 aromatic rings. The maximum Gasteiger partial charge on any atom is 0.416 e. The first-order valence-electron chi connectivity index (χ1n) is 3.22. The molecule has 0 aliphatic heterocycles. The smallest absolute Gasteiger partial charge is 0.392 e. The number of aliphatic hydroxyl groups excluding tert-OH is 1. The molecular weight excluding hydrogens is 169 g/mol. The van der Waals surface area contributed by atoms with Crippen LogP contribution in [0.3, 0.4) is 0 Å². The third-order valence-corrected chi connectivity index (χ3v) is 1.37. The second-order valence-corrected chi connectivity index (χ2v) is 2.26. The largest absolute Gasteiger partial charge is 0.416 e. The van der Waals surface area contributed by atoms with Crippen molar-refractivity contribution < 1.29 is 18.3 Å². The SMILES string of the molecule is OCc1[c]cc(C(F)(F)F)cc1. The van der Waals surface area contributed by atoms with E-state index < -0.39 is 11.7 Å². The highest BCUT2D eigenvalue weighted by molar-refractivity contribution is 5.22. The van der Waals surface area contributed by atoms with Crippen molar-refractivity contribution in [1.29, 1.82) is 0 Å². The van der Waals surface area contributed by atoms with Gasteiger partial charge in [0.15, 0.2) is 0 Å². The molecule has 1 rings (SSSR count). The molecule has 1 nitrogen and oxygen atoms in total. The minimum atomic E-state index is -4.33. The van der Waals surface area contributed by atoms with Gasteiger partial charge in [0.2, 0.25) is 0 Å². The molecule has 65 valence electrons. The van der Waals surface area contributed by atoms with Crippen molar-refractivity contribution in [3.8, 4) is 0 Å². The van der Waals surface area contributed by atoms with Crippen LogP contribution in [0.5, 0.6) is 0 Å². The lowest BCUT2D eigenvalue weighted by molar-refractivity contribution is -0.137. The van der Waals surface area contributed by atoms with Crippen molar-refractivity contribution in [3.63, 3.8) is 0 Å². The van der Waals surface area contributed by atoms with Gasteiger partial charge >= 0.3 is 6.18 Å². The van der Waals surface area contributed by atoms with Crippen LogP contribution in [0, 0.1) is 6.07 Å². The number of alkyl halides is 3. The molecule has 12 heavy (non-hydrogen) atoms. The standard InChI is InChI=1S/C8H6F3O/c9-8(10,11)7-3-1-6(5-12)2-4-7/h1,3-4,12H,5H2. The molecule has 0 amide bonds. The minimum Gasteiger partial charge on any atom is -0.392 e. The van der Waals surface area contributed by atoms with E-state index in [1.165, 1.54) is 6.07 Å². The fraction of sp³-hybridized carbons (Fsp3) is 0.250. The van der Waals surface area contributed by atoms with Gasteiger partial charge in [-0.05, 0) is 23.8 Å². The molecule has 1 radical (unpaired) electrons. The predicted molar refractivity (Wildman–Crippen MR) is 36.2 cm³/mol. The van der Waals surface area contributed by atoms with Gasteiger partial charge in [0.25, 0.3) is 0 Å². The summed E-state index contributed by atoms with van der Waals surface area (Å²) in [5.74, 6) is 0. The first kappa shape index (κ1) is 9.06. The summed E-state index contributed by atoms with van der Waals surface area (Å²) >= 11 is 0. The molecule has 0 heterocycles. The Morgan fingerprint density at radius 2 is 2.00 bits per heavy atom. The summed E-state index contributed by atoms with van der Waals surface area (Å²) in [5, 5.41) is 8.52. The van der Waals surface area contributed by atoms with Gasteiger partial charge in [0.05, 0.1) is 12.2 Å². The zero-order valence-electron chi connectivity index (χ0n) is 6.02. The minimum absolute atomic E-state index is 0.294. The lowest BCUT2D eigenvalue weighted by Gasteiger charge is -2.05. The molecule has 1 aromatic carbocycles. The monoisotopic (exact) mass is 175 g/mol. The van der Waals surface area contributed by atoms with E-state index in [-0.39, 0.29) is 6.61 Å². The summed E-state index contributed by atoms with van der Waals surface area (Å²) in [4.78, 5) is 0. The highest BCUT2D eigenvalue weighted by Gasteiger charge is 2.29. The van der Waals surface area contributed by atoms with E-state index in [0.29, 0.717) is 5.56 Å². The molecule has 0 atom stereocenters. The second kappa shape index (κ2) is 3.15. The number of hydrogen-bond acceptors (Lipinski definition) is 1. The molecule has 0 saturated carbocycles. The number of benzene rings is 1. The number of halogens is 3. The molecule has 4 heteroatoms. The first-order valence-corrected chi connectivity index (χ1v) is 3.22. The average Bonchev–Trinajstić information content (AvgIpc) is 2.03. The van der Waals surface area contributed by atoms with Gasteiger partial charge in [-0.2, -0.15) is 13.2 Å². The van der Waals surface area contributed by atoms with Gasteiger partial charge in [-0.1, -0.05) is 6.07 Å². The first-order chi connectivity index (χ1) is 5.54. The molecular formula is C8H6F3O. The Labute approximate surface area is 67.5 Å². The highest BCUT2D eigenvalue weighted by Crippen LogP contribution is 2.28. The van der Waals surface area contributed by atoms with Crippen molar-refractivity contribution in [3.05, 3.63) is 35.4 Å². The maximum absolute atomic E-state index is 11.9. The van der Waals surface area contributed by atoms with Crippen LogP contribution in [0.25, 0.3) is 0 Å². The lowest BCUT2D eigenvalue weighted by atomic mass is 10.1. The number of hydrogen-bond donors (Lipinski definition) is 1. The lowest BCUT2D eigenvalue weighted by Crippen LogP contribution is -2.04. The topological polar surface area (TPSA) is 20.2 Å². The van der Waals surface area contributed by atoms with Gasteiger partial charge in [-0.15, -0.1) is 0 Å². The average molecular weight is 175 g/mol. The van der Waals surface area contributed by atoms with Gasteiger partial charge in [0.1, 0.15) is 0 Å². The van der Waals surface area contributed by atoms with Crippen LogP contribution in [0.4, 0.5) is 13.2 Å². The molecule has 0 fully saturated rings. The third kappa shape index (κ3) is 1.98. The van der Waals surface area contributed by atoms with Crippen LogP contribution >= 0.6 is 0 Å². The molecule has 0 aromatic heterocycles. The van der Waals surface area contributed by atoms with Crippen molar-refractivity contribution in [2.45, 2.75) is 12.8 Å². The molecule has 0 unspecified atom stereocenters. The van der Waals surface area contributed by atoms with Gasteiger partial charge in [-0.3, -0.25) is 0 Å². The predicted octanol–water partition coefficient (Wildman–Crippen LogP) is 2.00. The molecule has 0 aliphatic carbocycles.